The molecule has 0 radical (unpaired) electrons. The van der Waals surface area contributed by atoms with Crippen LogP contribution in [0.15, 0.2) is 29.0 Å². The van der Waals surface area contributed by atoms with E-state index in [1.807, 2.05) is 19.2 Å². The first-order valence-electron chi connectivity index (χ1n) is 6.63. The van der Waals surface area contributed by atoms with Gasteiger partial charge < -0.3 is 5.32 Å². The second kappa shape index (κ2) is 7.20. The van der Waals surface area contributed by atoms with E-state index in [9.17, 15) is 0 Å². The van der Waals surface area contributed by atoms with Gasteiger partial charge in [0.2, 0.25) is 0 Å². The van der Waals surface area contributed by atoms with Crippen LogP contribution in [0.4, 0.5) is 0 Å². The average Bonchev–Trinajstić information content (AvgIpc) is 2.83. The lowest BCUT2D eigenvalue weighted by Crippen LogP contribution is -2.25. The number of nitrogens with one attached hydrogen (secondary N) is 1. The lowest BCUT2D eigenvalue weighted by molar-refractivity contribution is 0.506. The molecular weight excluding hydrogens is 340 g/mol. The Labute approximate surface area is 132 Å². The second-order valence-corrected chi connectivity index (χ2v) is 5.89. The van der Waals surface area contributed by atoms with E-state index in [1.165, 1.54) is 0 Å². The van der Waals surface area contributed by atoms with Crippen LogP contribution < -0.4 is 5.32 Å². The summed E-state index contributed by atoms with van der Waals surface area (Å²) in [6.07, 6.45) is 3.41. The summed E-state index contributed by atoms with van der Waals surface area (Å²) < 4.78 is 2.71. The van der Waals surface area contributed by atoms with Crippen LogP contribution in [-0.4, -0.2) is 21.3 Å². The molecule has 0 aliphatic heterocycles. The number of rotatable bonds is 6. The first kappa shape index (κ1) is 15.5. The minimum Gasteiger partial charge on any atom is -0.310 e. The maximum Gasteiger partial charge on any atom is 0.138 e. The van der Waals surface area contributed by atoms with Crippen molar-refractivity contribution in [3.8, 4) is 0 Å². The molecule has 6 heteroatoms. The summed E-state index contributed by atoms with van der Waals surface area (Å²) in [6, 6.07) is 6.13. The summed E-state index contributed by atoms with van der Waals surface area (Å²) in [5.74, 6) is 0.939. The predicted octanol–water partition coefficient (Wildman–Crippen LogP) is 3.51. The predicted molar refractivity (Wildman–Crippen MR) is 84.9 cm³/mol. The van der Waals surface area contributed by atoms with Crippen LogP contribution in [0.25, 0.3) is 0 Å². The minimum absolute atomic E-state index is 0.128. The van der Waals surface area contributed by atoms with Gasteiger partial charge in [-0.15, -0.1) is 0 Å². The summed E-state index contributed by atoms with van der Waals surface area (Å²) in [7, 11) is 1.90. The Morgan fingerprint density at radius 2 is 2.25 bits per heavy atom. The van der Waals surface area contributed by atoms with Crippen molar-refractivity contribution in [1.29, 1.82) is 0 Å². The van der Waals surface area contributed by atoms with E-state index < -0.39 is 0 Å². The number of halogens is 2. The van der Waals surface area contributed by atoms with Gasteiger partial charge in [0.25, 0.3) is 0 Å². The van der Waals surface area contributed by atoms with Crippen molar-refractivity contribution in [2.24, 2.45) is 7.05 Å². The van der Waals surface area contributed by atoms with Crippen molar-refractivity contribution in [3.63, 3.8) is 0 Å². The molecular formula is C14H18BrClN4. The zero-order valence-electron chi connectivity index (χ0n) is 11.6. The monoisotopic (exact) mass is 356 g/mol. The zero-order valence-corrected chi connectivity index (χ0v) is 13.9. The van der Waals surface area contributed by atoms with Gasteiger partial charge in [-0.2, -0.15) is 5.10 Å². The molecule has 1 atom stereocenters. The van der Waals surface area contributed by atoms with E-state index in [4.69, 9.17) is 11.6 Å². The van der Waals surface area contributed by atoms with Crippen LogP contribution in [-0.2, 0) is 13.5 Å². The third-order valence-electron chi connectivity index (χ3n) is 3.19. The quantitative estimate of drug-likeness (QED) is 0.860. The molecule has 1 heterocycles. The maximum absolute atomic E-state index is 6.42. The van der Waals surface area contributed by atoms with Crippen LogP contribution in [0.3, 0.4) is 0 Å². The molecule has 0 saturated heterocycles. The van der Waals surface area contributed by atoms with Gasteiger partial charge in [0, 0.05) is 24.0 Å². The molecule has 1 unspecified atom stereocenters. The van der Waals surface area contributed by atoms with Gasteiger partial charge in [0.05, 0.1) is 5.02 Å². The Hall–Kier alpha value is -0.910. The van der Waals surface area contributed by atoms with Crippen molar-refractivity contribution in [3.05, 3.63) is 45.4 Å². The van der Waals surface area contributed by atoms with Crippen molar-refractivity contribution in [2.75, 3.05) is 6.54 Å². The first-order valence-corrected chi connectivity index (χ1v) is 7.80. The van der Waals surface area contributed by atoms with E-state index in [0.717, 1.165) is 40.3 Å². The molecule has 0 amide bonds. The third kappa shape index (κ3) is 3.59. The molecule has 0 spiro atoms. The molecule has 0 aliphatic carbocycles. The highest BCUT2D eigenvalue weighted by atomic mass is 79.9. The largest absolute Gasteiger partial charge is 0.310 e. The summed E-state index contributed by atoms with van der Waals surface area (Å²) in [5.41, 5.74) is 1.08. The van der Waals surface area contributed by atoms with Gasteiger partial charge in [-0.3, -0.25) is 4.68 Å². The minimum atomic E-state index is 0.128. The van der Waals surface area contributed by atoms with Gasteiger partial charge in [0.15, 0.2) is 0 Å². The Morgan fingerprint density at radius 3 is 2.90 bits per heavy atom. The number of hydrogen-bond donors (Lipinski definition) is 1. The van der Waals surface area contributed by atoms with E-state index in [-0.39, 0.29) is 6.04 Å². The normalized spacial score (nSPS) is 12.6. The Bertz CT molecular complexity index is 570. The highest BCUT2D eigenvalue weighted by molar-refractivity contribution is 9.10. The smallest absolute Gasteiger partial charge is 0.138 e. The molecule has 0 aliphatic rings. The average molecular weight is 358 g/mol. The van der Waals surface area contributed by atoms with Crippen LogP contribution in [0, 0.1) is 0 Å². The van der Waals surface area contributed by atoms with E-state index >= 15 is 0 Å². The Morgan fingerprint density at radius 1 is 1.45 bits per heavy atom. The molecule has 2 rings (SSSR count). The SMILES string of the molecule is CCCNC(Cc1ncnn1C)c1cccc(Br)c1Cl. The highest BCUT2D eigenvalue weighted by Gasteiger charge is 2.18. The van der Waals surface area contributed by atoms with Crippen molar-refractivity contribution in [1.82, 2.24) is 20.1 Å². The summed E-state index contributed by atoms with van der Waals surface area (Å²) in [4.78, 5) is 4.30. The Balaban J connectivity index is 2.27. The standard InChI is InChI=1S/C14H18BrClN4/c1-3-7-17-12(8-13-18-9-19-20(13)2)10-5-4-6-11(15)14(10)16/h4-6,9,12,17H,3,7-8H2,1-2H3. The second-order valence-electron chi connectivity index (χ2n) is 4.65. The fourth-order valence-electron chi connectivity index (χ4n) is 2.09. The number of benzene rings is 1. The van der Waals surface area contributed by atoms with E-state index in [1.54, 1.807) is 11.0 Å². The summed E-state index contributed by atoms with van der Waals surface area (Å²) in [5, 5.41) is 8.41. The lowest BCUT2D eigenvalue weighted by atomic mass is 10.0. The van der Waals surface area contributed by atoms with Crippen LogP contribution in [0.5, 0.6) is 0 Å². The fraction of sp³-hybridized carbons (Fsp3) is 0.429. The van der Waals surface area contributed by atoms with E-state index in [0.29, 0.717) is 0 Å². The van der Waals surface area contributed by atoms with Crippen LogP contribution in [0.2, 0.25) is 5.02 Å². The third-order valence-corrected chi connectivity index (χ3v) is 4.50. The molecule has 0 fully saturated rings. The summed E-state index contributed by atoms with van der Waals surface area (Å²) in [6.45, 7) is 3.08. The molecule has 108 valence electrons. The molecule has 4 nitrogen and oxygen atoms in total. The van der Waals surface area contributed by atoms with Crippen molar-refractivity contribution in [2.45, 2.75) is 25.8 Å². The van der Waals surface area contributed by atoms with Gasteiger partial charge >= 0.3 is 0 Å². The van der Waals surface area contributed by atoms with Crippen molar-refractivity contribution >= 4 is 27.5 Å². The Kier molecular flexibility index (Phi) is 5.57. The fourth-order valence-corrected chi connectivity index (χ4v) is 2.73. The zero-order chi connectivity index (χ0) is 14.5. The molecule has 20 heavy (non-hydrogen) atoms. The molecule has 1 aromatic carbocycles. The lowest BCUT2D eigenvalue weighted by Gasteiger charge is -2.20. The molecule has 0 bridgehead atoms. The molecule has 2 aromatic rings. The van der Waals surface area contributed by atoms with Gasteiger partial charge in [-0.25, -0.2) is 4.98 Å². The van der Waals surface area contributed by atoms with E-state index in [2.05, 4.69) is 44.3 Å². The number of hydrogen-bond acceptors (Lipinski definition) is 3. The van der Waals surface area contributed by atoms with Gasteiger partial charge in [-0.1, -0.05) is 30.7 Å². The highest BCUT2D eigenvalue weighted by Crippen LogP contribution is 2.31. The maximum atomic E-state index is 6.42. The van der Waals surface area contributed by atoms with Crippen LogP contribution in [0.1, 0.15) is 30.8 Å². The molecule has 0 saturated carbocycles. The number of nitrogens with zero attached hydrogens (tertiary/aromatic N) is 3. The number of aromatic nitrogens is 3. The van der Waals surface area contributed by atoms with Crippen LogP contribution >= 0.6 is 27.5 Å². The molecule has 1 aromatic heterocycles. The first-order chi connectivity index (χ1) is 9.63. The number of aryl methyl sites for hydroxylation is 1. The van der Waals surface area contributed by atoms with Crippen molar-refractivity contribution < 1.29 is 0 Å². The topological polar surface area (TPSA) is 42.7 Å². The van der Waals surface area contributed by atoms with Gasteiger partial charge in [-0.05, 0) is 40.5 Å². The summed E-state index contributed by atoms with van der Waals surface area (Å²) >= 11 is 9.90. The van der Waals surface area contributed by atoms with Gasteiger partial charge in [0.1, 0.15) is 12.2 Å². The molecule has 1 N–H and O–H groups in total.